The Morgan fingerprint density at radius 2 is 1.89 bits per heavy atom. The number of fused-ring (bicyclic) bond motifs is 1. The highest BCUT2D eigenvalue weighted by atomic mass is 35.5. The van der Waals surface area contributed by atoms with Gasteiger partial charge in [-0.3, -0.25) is 4.79 Å². The van der Waals surface area contributed by atoms with Crippen LogP contribution in [0.4, 0.5) is 5.69 Å². The second-order valence-corrected chi connectivity index (χ2v) is 7.20. The molecule has 1 aliphatic heterocycles. The molecule has 1 aromatic carbocycles. The number of anilines is 1. The van der Waals surface area contributed by atoms with E-state index >= 15 is 0 Å². The van der Waals surface area contributed by atoms with Crippen molar-refractivity contribution in [3.63, 3.8) is 0 Å². The lowest BCUT2D eigenvalue weighted by Gasteiger charge is -2.28. The van der Waals surface area contributed by atoms with Gasteiger partial charge < -0.3 is 10.4 Å². The van der Waals surface area contributed by atoms with E-state index in [1.165, 1.54) is 0 Å². The molecule has 1 aromatic rings. The topological polar surface area (TPSA) is 49.3 Å². The summed E-state index contributed by atoms with van der Waals surface area (Å²) in [7, 11) is 0. The molecule has 0 radical (unpaired) electrons. The Morgan fingerprint density at radius 3 is 2.42 bits per heavy atom. The van der Waals surface area contributed by atoms with Crippen molar-refractivity contribution < 1.29 is 9.90 Å². The fourth-order valence-corrected chi connectivity index (χ4v) is 2.56. The maximum atomic E-state index is 12.1. The molecular formula is C15H20ClNO2. The highest BCUT2D eigenvalue weighted by Gasteiger charge is 2.41. The highest BCUT2D eigenvalue weighted by molar-refractivity contribution is 6.31. The van der Waals surface area contributed by atoms with Crippen LogP contribution < -0.4 is 5.32 Å². The summed E-state index contributed by atoms with van der Waals surface area (Å²) in [5.74, 6) is -0.0628. The quantitative estimate of drug-likeness (QED) is 0.825. The minimum absolute atomic E-state index is 0.0628. The fraction of sp³-hybridized carbons (Fsp3) is 0.533. The number of hydrogen-bond donors (Lipinski definition) is 2. The number of amides is 1. The number of carbonyl (C=O) groups is 1. The first-order valence-electron chi connectivity index (χ1n) is 6.38. The minimum Gasteiger partial charge on any atom is -0.388 e. The molecule has 1 amide bonds. The Hall–Kier alpha value is -1.06. The van der Waals surface area contributed by atoms with Gasteiger partial charge in [-0.2, -0.15) is 0 Å². The summed E-state index contributed by atoms with van der Waals surface area (Å²) in [4.78, 5) is 12.1. The predicted molar refractivity (Wildman–Crippen MR) is 77.5 cm³/mol. The Balaban J connectivity index is 2.65. The molecule has 1 aliphatic rings. The zero-order chi connectivity index (χ0) is 14.6. The second-order valence-electron chi connectivity index (χ2n) is 6.77. The molecule has 19 heavy (non-hydrogen) atoms. The van der Waals surface area contributed by atoms with Crippen molar-refractivity contribution in [2.75, 3.05) is 5.32 Å². The van der Waals surface area contributed by atoms with Gasteiger partial charge in [0, 0.05) is 10.6 Å². The van der Waals surface area contributed by atoms with Crippen LogP contribution in [0, 0.1) is 5.41 Å². The highest BCUT2D eigenvalue weighted by Crippen LogP contribution is 2.46. The van der Waals surface area contributed by atoms with Crippen molar-refractivity contribution in [1.29, 1.82) is 0 Å². The number of halogens is 1. The van der Waals surface area contributed by atoms with Crippen LogP contribution in [0.15, 0.2) is 12.1 Å². The van der Waals surface area contributed by atoms with Crippen molar-refractivity contribution in [1.82, 2.24) is 0 Å². The van der Waals surface area contributed by atoms with Crippen molar-refractivity contribution >= 4 is 23.2 Å². The van der Waals surface area contributed by atoms with Crippen LogP contribution in [0.5, 0.6) is 0 Å². The van der Waals surface area contributed by atoms with E-state index < -0.39 is 11.5 Å². The summed E-state index contributed by atoms with van der Waals surface area (Å²) in [5.41, 5.74) is 1.31. The van der Waals surface area contributed by atoms with Crippen LogP contribution in [0.3, 0.4) is 0 Å². The summed E-state index contributed by atoms with van der Waals surface area (Å²) in [6, 6.07) is 3.53. The Kier molecular flexibility index (Phi) is 3.19. The van der Waals surface area contributed by atoms with E-state index in [0.29, 0.717) is 16.3 Å². The van der Waals surface area contributed by atoms with Gasteiger partial charge in [0.1, 0.15) is 0 Å². The summed E-state index contributed by atoms with van der Waals surface area (Å²) in [6.45, 7) is 9.57. The Labute approximate surface area is 119 Å². The fourth-order valence-electron chi connectivity index (χ4n) is 2.33. The van der Waals surface area contributed by atoms with Gasteiger partial charge in [-0.05, 0) is 37.0 Å². The van der Waals surface area contributed by atoms with Gasteiger partial charge >= 0.3 is 0 Å². The van der Waals surface area contributed by atoms with Crippen LogP contribution in [0.2, 0.25) is 5.02 Å². The van der Waals surface area contributed by atoms with Crippen molar-refractivity contribution in [3.8, 4) is 0 Å². The molecule has 0 fully saturated rings. The zero-order valence-electron chi connectivity index (χ0n) is 12.0. The van der Waals surface area contributed by atoms with E-state index in [4.69, 9.17) is 11.6 Å². The van der Waals surface area contributed by atoms with Crippen LogP contribution in [-0.4, -0.2) is 11.0 Å². The van der Waals surface area contributed by atoms with E-state index in [1.807, 2.05) is 34.6 Å². The van der Waals surface area contributed by atoms with Gasteiger partial charge in [0.2, 0.25) is 5.91 Å². The maximum Gasteiger partial charge on any atom is 0.234 e. The van der Waals surface area contributed by atoms with E-state index in [9.17, 15) is 9.90 Å². The first kappa shape index (κ1) is 14.4. The third-order valence-electron chi connectivity index (χ3n) is 3.73. The summed E-state index contributed by atoms with van der Waals surface area (Å²) in [5, 5.41) is 13.9. The van der Waals surface area contributed by atoms with Gasteiger partial charge in [0.25, 0.3) is 0 Å². The molecule has 2 rings (SSSR count). The van der Waals surface area contributed by atoms with E-state index in [0.717, 1.165) is 5.56 Å². The molecule has 1 unspecified atom stereocenters. The molecule has 0 aromatic heterocycles. The molecule has 1 atom stereocenters. The summed E-state index contributed by atoms with van der Waals surface area (Å²) in [6.07, 6.45) is -0.686. The van der Waals surface area contributed by atoms with Crippen LogP contribution >= 0.6 is 11.6 Å². The number of aliphatic hydroxyl groups excluding tert-OH is 1. The Morgan fingerprint density at radius 1 is 1.32 bits per heavy atom. The molecule has 104 valence electrons. The number of carbonyl (C=O) groups excluding carboxylic acids is 1. The Bertz CT molecular complexity index is 544. The lowest BCUT2D eigenvalue weighted by molar-refractivity contribution is -0.119. The third-order valence-corrected chi connectivity index (χ3v) is 3.95. The molecule has 0 aliphatic carbocycles. The van der Waals surface area contributed by atoms with E-state index in [2.05, 4.69) is 5.32 Å². The molecule has 2 N–H and O–H groups in total. The van der Waals surface area contributed by atoms with Crippen molar-refractivity contribution in [2.24, 2.45) is 5.41 Å². The smallest absolute Gasteiger partial charge is 0.234 e. The lowest BCUT2D eigenvalue weighted by atomic mass is 9.81. The average molecular weight is 282 g/mol. The molecule has 0 spiro atoms. The van der Waals surface area contributed by atoms with Gasteiger partial charge in [-0.25, -0.2) is 0 Å². The maximum absolute atomic E-state index is 12.1. The molecule has 0 saturated heterocycles. The largest absolute Gasteiger partial charge is 0.388 e. The van der Waals surface area contributed by atoms with Crippen molar-refractivity contribution in [3.05, 3.63) is 28.3 Å². The van der Waals surface area contributed by atoms with Gasteiger partial charge in [0.05, 0.1) is 17.2 Å². The number of nitrogens with one attached hydrogen (secondary N) is 1. The van der Waals surface area contributed by atoms with Crippen LogP contribution in [-0.2, 0) is 10.2 Å². The molecule has 0 bridgehead atoms. The normalized spacial score (nSPS) is 19.0. The van der Waals surface area contributed by atoms with E-state index in [-0.39, 0.29) is 11.3 Å². The van der Waals surface area contributed by atoms with Crippen molar-refractivity contribution in [2.45, 2.75) is 46.1 Å². The van der Waals surface area contributed by atoms with E-state index in [1.54, 1.807) is 12.1 Å². The summed E-state index contributed by atoms with van der Waals surface area (Å²) >= 11 is 6.15. The number of aliphatic hydroxyl groups is 1. The summed E-state index contributed by atoms with van der Waals surface area (Å²) < 4.78 is 0. The predicted octanol–water partition coefficient (Wildman–Crippen LogP) is 3.65. The second kappa shape index (κ2) is 4.22. The van der Waals surface area contributed by atoms with Crippen LogP contribution in [0.1, 0.15) is 51.8 Å². The number of hydrogen-bond acceptors (Lipinski definition) is 2. The van der Waals surface area contributed by atoms with Gasteiger partial charge in [0.15, 0.2) is 0 Å². The molecule has 0 saturated carbocycles. The molecule has 1 heterocycles. The number of rotatable bonds is 1. The standard InChI is InChI=1S/C15H20ClNO2/c1-14(2,3)12(18)9-6-8(16)7-10-11(9)17-13(19)15(10,4)5/h6-7,12,18H,1-5H3,(H,17,19). The zero-order valence-corrected chi connectivity index (χ0v) is 12.7. The third kappa shape index (κ3) is 2.26. The van der Waals surface area contributed by atoms with Gasteiger partial charge in [-0.15, -0.1) is 0 Å². The first-order valence-corrected chi connectivity index (χ1v) is 6.76. The molecule has 3 nitrogen and oxygen atoms in total. The molecular weight excluding hydrogens is 262 g/mol. The average Bonchev–Trinajstić information content (AvgIpc) is 2.48. The lowest BCUT2D eigenvalue weighted by Crippen LogP contribution is -2.26. The van der Waals surface area contributed by atoms with Crippen LogP contribution in [0.25, 0.3) is 0 Å². The molecule has 4 heteroatoms. The van der Waals surface area contributed by atoms with Gasteiger partial charge in [-0.1, -0.05) is 32.4 Å². The SMILES string of the molecule is CC1(C)C(=O)Nc2c(C(O)C(C)(C)C)cc(Cl)cc21. The first-order chi connectivity index (χ1) is 8.55. The minimum atomic E-state index is -0.686. The number of benzene rings is 1. The monoisotopic (exact) mass is 281 g/mol.